The summed E-state index contributed by atoms with van der Waals surface area (Å²) in [7, 11) is 0. The van der Waals surface area contributed by atoms with Crippen molar-refractivity contribution in [1.29, 1.82) is 0 Å². The summed E-state index contributed by atoms with van der Waals surface area (Å²) in [6.07, 6.45) is 5.87. The minimum atomic E-state index is -1.98. The van der Waals surface area contributed by atoms with Crippen LogP contribution in [0.15, 0.2) is 60.5 Å². The van der Waals surface area contributed by atoms with E-state index in [1.165, 1.54) is 24.3 Å². The molecule has 28 heavy (non-hydrogen) atoms. The Morgan fingerprint density at radius 1 is 1.39 bits per heavy atom. The van der Waals surface area contributed by atoms with Crippen LogP contribution in [0.25, 0.3) is 0 Å². The predicted octanol–water partition coefficient (Wildman–Crippen LogP) is 4.18. The number of rotatable bonds is 8. The van der Waals surface area contributed by atoms with Gasteiger partial charge in [-0.15, -0.1) is 0 Å². The number of hydrogen-bond acceptors (Lipinski definition) is 3. The second-order valence-corrected chi connectivity index (χ2v) is 6.12. The van der Waals surface area contributed by atoms with E-state index in [-0.39, 0.29) is 19.4 Å². The maximum Gasteiger partial charge on any atom is 0.333 e. The largest absolute Gasteiger partial charge is 0.490 e. The Kier molecular flexibility index (Phi) is 7.97. The molecule has 0 aliphatic heterocycles. The third-order valence-electron chi connectivity index (χ3n) is 3.88. The average Bonchev–Trinajstić information content (AvgIpc) is 2.65. The Morgan fingerprint density at radius 3 is 2.79 bits per heavy atom. The monoisotopic (exact) mass is 388 g/mol. The Bertz CT molecular complexity index is 815. The highest BCUT2D eigenvalue weighted by atomic mass is 19.1. The van der Waals surface area contributed by atoms with E-state index in [4.69, 9.17) is 14.6 Å². The lowest BCUT2D eigenvalue weighted by atomic mass is 9.97. The summed E-state index contributed by atoms with van der Waals surface area (Å²) in [6.45, 7) is 2.31. The van der Waals surface area contributed by atoms with Gasteiger partial charge in [-0.05, 0) is 48.9 Å². The number of aliphatic carboxylic acids is 1. The molecule has 4 nitrogen and oxygen atoms in total. The number of carboxylic acids is 1. The second-order valence-electron chi connectivity index (χ2n) is 6.12. The van der Waals surface area contributed by atoms with Gasteiger partial charge in [0.1, 0.15) is 18.2 Å². The van der Waals surface area contributed by atoms with Gasteiger partial charge in [-0.2, -0.15) is 0 Å². The van der Waals surface area contributed by atoms with Crippen LogP contribution < -0.4 is 4.74 Å². The molecule has 0 fully saturated rings. The molecule has 0 aromatic heterocycles. The van der Waals surface area contributed by atoms with E-state index in [9.17, 15) is 13.6 Å². The van der Waals surface area contributed by atoms with Crippen molar-refractivity contribution in [1.82, 2.24) is 0 Å². The van der Waals surface area contributed by atoms with Crippen molar-refractivity contribution in [2.45, 2.75) is 31.5 Å². The molecule has 0 bridgehead atoms. The van der Waals surface area contributed by atoms with Crippen molar-refractivity contribution < 1.29 is 28.2 Å². The Hall–Kier alpha value is -2.91. The van der Waals surface area contributed by atoms with Gasteiger partial charge in [0.2, 0.25) is 0 Å². The van der Waals surface area contributed by atoms with Gasteiger partial charge in [-0.25, -0.2) is 13.6 Å². The van der Waals surface area contributed by atoms with Crippen LogP contribution in [0.3, 0.4) is 0 Å². The smallest absolute Gasteiger partial charge is 0.333 e. The van der Waals surface area contributed by atoms with Crippen molar-refractivity contribution in [2.75, 3.05) is 13.2 Å². The zero-order valence-corrected chi connectivity index (χ0v) is 15.5. The van der Waals surface area contributed by atoms with E-state index in [1.807, 2.05) is 0 Å². The van der Waals surface area contributed by atoms with E-state index in [1.54, 1.807) is 37.3 Å². The van der Waals surface area contributed by atoms with Gasteiger partial charge in [0.25, 0.3) is 0 Å². The van der Waals surface area contributed by atoms with Gasteiger partial charge in [0.15, 0.2) is 11.8 Å². The number of ether oxygens (including phenoxy) is 2. The topological polar surface area (TPSA) is 55.8 Å². The number of alkyl halides is 1. The molecule has 1 aromatic rings. The van der Waals surface area contributed by atoms with Gasteiger partial charge in [-0.3, -0.25) is 0 Å². The number of carbonyl (C=O) groups is 1. The summed E-state index contributed by atoms with van der Waals surface area (Å²) in [5.41, 5.74) is -1.15. The lowest BCUT2D eigenvalue weighted by Gasteiger charge is -2.15. The lowest BCUT2D eigenvalue weighted by molar-refractivity contribution is -0.149. The maximum absolute atomic E-state index is 14.2. The molecule has 0 saturated heterocycles. The fraction of sp³-hybridized carbons (Fsp3) is 0.318. The minimum absolute atomic E-state index is 0.230. The van der Waals surface area contributed by atoms with Gasteiger partial charge in [0.05, 0.1) is 0 Å². The standard InChI is InChI=1S/C22H22F2O4/c1-2-27-20(21(25)26)15-17-8-10-19(11-9-17)28-14-5-3-4-12-22(24)13-6-7-18(23)16-22/h3,5-11,13,20H,2,14-16H2,1H3,(H,25,26)/b5-3-/t20-,22?/m0/s1. The molecule has 0 radical (unpaired) electrons. The van der Waals surface area contributed by atoms with Gasteiger partial charge in [-0.1, -0.05) is 30.0 Å². The molecule has 2 rings (SSSR count). The lowest BCUT2D eigenvalue weighted by Crippen LogP contribution is -2.26. The van der Waals surface area contributed by atoms with Crippen molar-refractivity contribution in [3.63, 3.8) is 0 Å². The van der Waals surface area contributed by atoms with Crippen LogP contribution in [-0.4, -0.2) is 36.1 Å². The van der Waals surface area contributed by atoms with E-state index < -0.39 is 23.6 Å². The van der Waals surface area contributed by atoms with Crippen LogP contribution in [0.1, 0.15) is 18.9 Å². The fourth-order valence-electron chi connectivity index (χ4n) is 2.52. The SMILES string of the molecule is CCO[C@@H](Cc1ccc(OC/C=C\C#CC2(F)C=CC=C(F)C2)cc1)C(=O)O. The minimum Gasteiger partial charge on any atom is -0.490 e. The van der Waals surface area contributed by atoms with E-state index in [2.05, 4.69) is 11.8 Å². The molecule has 148 valence electrons. The van der Waals surface area contributed by atoms with Gasteiger partial charge >= 0.3 is 5.97 Å². The summed E-state index contributed by atoms with van der Waals surface area (Å²) in [6, 6.07) is 7.02. The first-order valence-corrected chi connectivity index (χ1v) is 8.88. The molecule has 1 unspecified atom stereocenters. The molecule has 1 aromatic carbocycles. The molecule has 1 aliphatic carbocycles. The van der Waals surface area contributed by atoms with Crippen LogP contribution in [0, 0.1) is 11.8 Å². The molecule has 0 amide bonds. The summed E-state index contributed by atoms with van der Waals surface area (Å²) in [5, 5.41) is 9.10. The molecular formula is C22H22F2O4. The normalized spacial score (nSPS) is 19.6. The summed E-state index contributed by atoms with van der Waals surface area (Å²) in [4.78, 5) is 11.1. The molecule has 0 saturated carbocycles. The zero-order chi connectivity index (χ0) is 20.4. The first kappa shape index (κ1) is 21.4. The van der Waals surface area contributed by atoms with Gasteiger partial charge in [0, 0.05) is 19.4 Å². The van der Waals surface area contributed by atoms with E-state index >= 15 is 0 Å². The first-order valence-electron chi connectivity index (χ1n) is 8.88. The molecule has 2 atom stereocenters. The molecule has 1 aliphatic rings. The van der Waals surface area contributed by atoms with E-state index in [0.29, 0.717) is 12.4 Å². The first-order chi connectivity index (χ1) is 13.4. The summed E-state index contributed by atoms with van der Waals surface area (Å²) >= 11 is 0. The average molecular weight is 388 g/mol. The molecule has 0 spiro atoms. The number of carboxylic acid groups (broad SMARTS) is 1. The van der Waals surface area contributed by atoms with Crippen LogP contribution >= 0.6 is 0 Å². The maximum atomic E-state index is 14.2. The molecule has 6 heteroatoms. The van der Waals surface area contributed by atoms with Crippen molar-refractivity contribution >= 4 is 5.97 Å². The van der Waals surface area contributed by atoms with Crippen LogP contribution in [0.4, 0.5) is 8.78 Å². The Morgan fingerprint density at radius 2 is 2.14 bits per heavy atom. The molecule has 0 heterocycles. The third-order valence-corrected chi connectivity index (χ3v) is 3.88. The van der Waals surface area contributed by atoms with Crippen LogP contribution in [0.2, 0.25) is 0 Å². The van der Waals surface area contributed by atoms with Gasteiger partial charge < -0.3 is 14.6 Å². The van der Waals surface area contributed by atoms with Crippen molar-refractivity contribution in [3.8, 4) is 17.6 Å². The predicted molar refractivity (Wildman–Crippen MR) is 102 cm³/mol. The Balaban J connectivity index is 1.80. The summed E-state index contributed by atoms with van der Waals surface area (Å²) in [5.74, 6) is 4.02. The quantitative estimate of drug-likeness (QED) is 0.679. The molecular weight excluding hydrogens is 366 g/mol. The van der Waals surface area contributed by atoms with Crippen LogP contribution in [0.5, 0.6) is 5.75 Å². The highest BCUT2D eigenvalue weighted by molar-refractivity contribution is 5.72. The second kappa shape index (κ2) is 10.4. The highest BCUT2D eigenvalue weighted by Crippen LogP contribution is 2.26. The highest BCUT2D eigenvalue weighted by Gasteiger charge is 2.27. The van der Waals surface area contributed by atoms with Crippen LogP contribution in [-0.2, 0) is 16.0 Å². The summed E-state index contributed by atoms with van der Waals surface area (Å²) < 4.78 is 38.0. The fourth-order valence-corrected chi connectivity index (χ4v) is 2.52. The number of benzene rings is 1. The van der Waals surface area contributed by atoms with E-state index in [0.717, 1.165) is 5.56 Å². The third kappa shape index (κ3) is 7.01. The van der Waals surface area contributed by atoms with Crippen molar-refractivity contribution in [3.05, 3.63) is 66.0 Å². The number of allylic oxidation sites excluding steroid dienone is 5. The number of halogens is 2. The molecule has 1 N–H and O–H groups in total. The zero-order valence-electron chi connectivity index (χ0n) is 15.5. The Labute approximate surface area is 163 Å². The number of hydrogen-bond donors (Lipinski definition) is 1. The van der Waals surface area contributed by atoms with Crippen molar-refractivity contribution in [2.24, 2.45) is 0 Å².